The predicted octanol–water partition coefficient (Wildman–Crippen LogP) is 3.19. The summed E-state index contributed by atoms with van der Waals surface area (Å²) in [5.74, 6) is 0.726. The summed E-state index contributed by atoms with van der Waals surface area (Å²) in [6, 6.07) is 11.2. The first-order valence-corrected chi connectivity index (χ1v) is 9.97. The highest BCUT2D eigenvalue weighted by atomic mass is 16.2. The lowest BCUT2D eigenvalue weighted by molar-refractivity contribution is -0.127. The molecule has 1 aliphatic carbocycles. The smallest absolute Gasteiger partial charge is 0.270 e. The van der Waals surface area contributed by atoms with Gasteiger partial charge < -0.3 is 5.32 Å². The molecule has 1 aliphatic heterocycles. The number of nitrogens with one attached hydrogen (secondary N) is 1. The van der Waals surface area contributed by atoms with Crippen molar-refractivity contribution in [2.75, 3.05) is 11.4 Å². The van der Waals surface area contributed by atoms with Crippen molar-refractivity contribution in [1.29, 1.82) is 0 Å². The van der Waals surface area contributed by atoms with Crippen LogP contribution in [0, 0.1) is 19.3 Å². The average molecular weight is 378 g/mol. The minimum atomic E-state index is -0.387. The van der Waals surface area contributed by atoms with Gasteiger partial charge in [0.2, 0.25) is 5.91 Å². The van der Waals surface area contributed by atoms with Gasteiger partial charge in [-0.2, -0.15) is 0 Å². The molecule has 1 saturated carbocycles. The van der Waals surface area contributed by atoms with E-state index in [4.69, 9.17) is 0 Å². The van der Waals surface area contributed by atoms with Crippen molar-refractivity contribution in [2.24, 2.45) is 5.41 Å². The SMILES string of the molecule is Cc1cccc(C(=O)N[C@H]2CCC[C@]3(CCN(c4cccc(C)n4)C3=O)C2)n1. The van der Waals surface area contributed by atoms with Crippen LogP contribution >= 0.6 is 0 Å². The van der Waals surface area contributed by atoms with Crippen molar-refractivity contribution in [1.82, 2.24) is 15.3 Å². The Labute approximate surface area is 165 Å². The molecule has 2 amide bonds. The lowest BCUT2D eigenvalue weighted by atomic mass is 9.71. The van der Waals surface area contributed by atoms with Crippen LogP contribution in [0.3, 0.4) is 0 Å². The van der Waals surface area contributed by atoms with Crippen molar-refractivity contribution in [2.45, 2.75) is 52.0 Å². The van der Waals surface area contributed by atoms with Crippen LogP contribution in [0.25, 0.3) is 0 Å². The topological polar surface area (TPSA) is 75.2 Å². The molecule has 2 aromatic rings. The first kappa shape index (κ1) is 18.6. The summed E-state index contributed by atoms with van der Waals surface area (Å²) in [5, 5.41) is 3.11. The van der Waals surface area contributed by atoms with Crippen LogP contribution in [-0.4, -0.2) is 34.4 Å². The number of aryl methyl sites for hydroxylation is 2. The van der Waals surface area contributed by atoms with Gasteiger partial charge in [-0.25, -0.2) is 9.97 Å². The number of rotatable bonds is 3. The van der Waals surface area contributed by atoms with E-state index in [2.05, 4.69) is 15.3 Å². The van der Waals surface area contributed by atoms with E-state index >= 15 is 0 Å². The first-order valence-electron chi connectivity index (χ1n) is 9.97. The van der Waals surface area contributed by atoms with Gasteiger partial charge in [0.1, 0.15) is 11.5 Å². The molecule has 146 valence electrons. The number of pyridine rings is 2. The number of hydrogen-bond donors (Lipinski definition) is 1. The van der Waals surface area contributed by atoms with E-state index < -0.39 is 0 Å². The maximum atomic E-state index is 13.3. The van der Waals surface area contributed by atoms with Crippen LogP contribution in [-0.2, 0) is 4.79 Å². The standard InChI is InChI=1S/C22H26N4O2/c1-15-6-3-9-18(23-15)20(27)25-17-8-5-11-22(14-17)12-13-26(21(22)28)19-10-4-7-16(2)24-19/h3-4,6-7,9-10,17H,5,8,11-14H2,1-2H3,(H,25,27)/t17-,22-/m0/s1. The zero-order valence-electron chi connectivity index (χ0n) is 16.4. The fourth-order valence-electron chi connectivity index (χ4n) is 4.55. The van der Waals surface area contributed by atoms with Gasteiger partial charge in [-0.3, -0.25) is 14.5 Å². The van der Waals surface area contributed by atoms with Crippen molar-refractivity contribution < 1.29 is 9.59 Å². The van der Waals surface area contributed by atoms with Gasteiger partial charge in [-0.15, -0.1) is 0 Å². The second-order valence-corrected chi connectivity index (χ2v) is 8.06. The van der Waals surface area contributed by atoms with Crippen LogP contribution in [0.1, 0.15) is 54.0 Å². The molecular formula is C22H26N4O2. The van der Waals surface area contributed by atoms with Crippen molar-refractivity contribution in [3.8, 4) is 0 Å². The molecule has 6 heteroatoms. The Hall–Kier alpha value is -2.76. The Bertz CT molecular complexity index is 913. The van der Waals surface area contributed by atoms with Crippen molar-refractivity contribution in [3.63, 3.8) is 0 Å². The summed E-state index contributed by atoms with van der Waals surface area (Å²) < 4.78 is 0. The Morgan fingerprint density at radius 3 is 2.61 bits per heavy atom. The lowest BCUT2D eigenvalue weighted by Gasteiger charge is -2.36. The van der Waals surface area contributed by atoms with Gasteiger partial charge in [0.05, 0.1) is 5.41 Å². The Kier molecular flexibility index (Phi) is 4.87. The number of aromatic nitrogens is 2. The van der Waals surface area contributed by atoms with E-state index in [0.717, 1.165) is 42.9 Å². The largest absolute Gasteiger partial charge is 0.348 e. The molecule has 0 radical (unpaired) electrons. The number of carbonyl (C=O) groups excluding carboxylic acids is 2. The van der Waals surface area contributed by atoms with E-state index in [9.17, 15) is 9.59 Å². The zero-order chi connectivity index (χ0) is 19.7. The summed E-state index contributed by atoms with van der Waals surface area (Å²) in [7, 11) is 0. The van der Waals surface area contributed by atoms with Crippen molar-refractivity contribution in [3.05, 3.63) is 53.5 Å². The number of hydrogen-bond acceptors (Lipinski definition) is 4. The molecule has 2 atom stereocenters. The molecule has 4 rings (SSSR count). The molecule has 1 saturated heterocycles. The highest BCUT2D eigenvalue weighted by molar-refractivity contribution is 5.99. The number of carbonyl (C=O) groups is 2. The summed E-state index contributed by atoms with van der Waals surface area (Å²) in [4.78, 5) is 36.5. The van der Waals surface area contributed by atoms with E-state index in [1.807, 2.05) is 49.1 Å². The van der Waals surface area contributed by atoms with Crippen LogP contribution in [0.4, 0.5) is 5.82 Å². The molecule has 3 heterocycles. The second-order valence-electron chi connectivity index (χ2n) is 8.06. The zero-order valence-corrected chi connectivity index (χ0v) is 16.4. The maximum absolute atomic E-state index is 13.3. The third kappa shape index (κ3) is 3.51. The van der Waals surface area contributed by atoms with Gasteiger partial charge in [0, 0.05) is 24.0 Å². The van der Waals surface area contributed by atoms with Gasteiger partial charge in [-0.05, 0) is 63.8 Å². The van der Waals surface area contributed by atoms with Crippen LogP contribution in [0.5, 0.6) is 0 Å². The van der Waals surface area contributed by atoms with Crippen LogP contribution in [0.2, 0.25) is 0 Å². The summed E-state index contributed by atoms with van der Waals surface area (Å²) in [6.07, 6.45) is 4.22. The quantitative estimate of drug-likeness (QED) is 0.890. The maximum Gasteiger partial charge on any atom is 0.270 e. The third-order valence-corrected chi connectivity index (χ3v) is 5.96. The molecule has 6 nitrogen and oxygen atoms in total. The molecule has 0 aromatic carbocycles. The average Bonchev–Trinajstić information content (AvgIpc) is 2.97. The molecule has 2 fully saturated rings. The third-order valence-electron chi connectivity index (χ3n) is 5.96. The van der Waals surface area contributed by atoms with Crippen LogP contribution in [0.15, 0.2) is 36.4 Å². The highest BCUT2D eigenvalue weighted by Gasteiger charge is 2.50. The minimum Gasteiger partial charge on any atom is -0.348 e. The fraction of sp³-hybridized carbons (Fsp3) is 0.455. The molecule has 0 bridgehead atoms. The van der Waals surface area contributed by atoms with Gasteiger partial charge >= 0.3 is 0 Å². The van der Waals surface area contributed by atoms with Crippen LogP contribution < -0.4 is 10.2 Å². The number of amides is 2. The molecule has 0 unspecified atom stereocenters. The molecule has 2 aromatic heterocycles. The van der Waals surface area contributed by atoms with Gasteiger partial charge in [-0.1, -0.05) is 18.6 Å². The predicted molar refractivity (Wildman–Crippen MR) is 107 cm³/mol. The Morgan fingerprint density at radius 2 is 1.86 bits per heavy atom. The summed E-state index contributed by atoms with van der Waals surface area (Å²) in [6.45, 7) is 4.50. The molecule has 1 N–H and O–H groups in total. The van der Waals surface area contributed by atoms with E-state index in [0.29, 0.717) is 18.7 Å². The van der Waals surface area contributed by atoms with Gasteiger partial charge in [0.25, 0.3) is 5.91 Å². The summed E-state index contributed by atoms with van der Waals surface area (Å²) >= 11 is 0. The Balaban J connectivity index is 1.47. The monoisotopic (exact) mass is 378 g/mol. The first-order chi connectivity index (χ1) is 13.5. The van der Waals surface area contributed by atoms with E-state index in [-0.39, 0.29) is 23.3 Å². The van der Waals surface area contributed by atoms with Gasteiger partial charge in [0.15, 0.2) is 0 Å². The highest BCUT2D eigenvalue weighted by Crippen LogP contribution is 2.45. The molecule has 1 spiro atoms. The van der Waals surface area contributed by atoms with Crippen molar-refractivity contribution >= 4 is 17.6 Å². The molecule has 2 aliphatic rings. The molecular weight excluding hydrogens is 352 g/mol. The number of anilines is 1. The summed E-state index contributed by atoms with van der Waals surface area (Å²) in [5.41, 5.74) is 1.77. The Morgan fingerprint density at radius 1 is 1.11 bits per heavy atom. The normalized spacial score (nSPS) is 24.6. The van der Waals surface area contributed by atoms with E-state index in [1.54, 1.807) is 6.07 Å². The fourth-order valence-corrected chi connectivity index (χ4v) is 4.55. The minimum absolute atomic E-state index is 0.00192. The lowest BCUT2D eigenvalue weighted by Crippen LogP contribution is -2.46. The molecule has 28 heavy (non-hydrogen) atoms. The van der Waals surface area contributed by atoms with E-state index in [1.165, 1.54) is 0 Å². The number of nitrogens with zero attached hydrogens (tertiary/aromatic N) is 3. The second kappa shape index (κ2) is 7.34.